The molecule has 0 aliphatic heterocycles. The molecule has 104 valence electrons. The van der Waals surface area contributed by atoms with E-state index in [9.17, 15) is 14.7 Å². The number of H-pyrrole nitrogens is 1. The molecule has 2 heterocycles. The van der Waals surface area contributed by atoms with Gasteiger partial charge in [-0.25, -0.2) is 4.79 Å². The Labute approximate surface area is 108 Å². The molecule has 0 unspecified atom stereocenters. The molecule has 0 fully saturated rings. The van der Waals surface area contributed by atoms with Crippen LogP contribution in [0.2, 0.25) is 0 Å². The summed E-state index contributed by atoms with van der Waals surface area (Å²) in [5.74, 6) is 0.343. The van der Waals surface area contributed by atoms with Crippen LogP contribution in [-0.4, -0.2) is 36.4 Å². The van der Waals surface area contributed by atoms with Crippen molar-refractivity contribution in [1.29, 1.82) is 0 Å². The zero-order chi connectivity index (χ0) is 14.4. The molecule has 2 aromatic rings. The fourth-order valence-electron chi connectivity index (χ4n) is 1.71. The summed E-state index contributed by atoms with van der Waals surface area (Å²) in [6.45, 7) is 3.57. The number of anilines is 1. The zero-order valence-electron chi connectivity index (χ0n) is 11.3. The molecule has 0 amide bonds. The number of imidazole rings is 1. The zero-order valence-corrected chi connectivity index (χ0v) is 11.3. The third-order valence-corrected chi connectivity index (χ3v) is 2.78. The van der Waals surface area contributed by atoms with Gasteiger partial charge in [0.25, 0.3) is 5.56 Å². The minimum Gasteiger partial charge on any atom is -0.389 e. The van der Waals surface area contributed by atoms with Gasteiger partial charge in [-0.05, 0) is 13.8 Å². The van der Waals surface area contributed by atoms with Gasteiger partial charge in [0, 0.05) is 20.6 Å². The van der Waals surface area contributed by atoms with Crippen LogP contribution in [0.1, 0.15) is 13.8 Å². The van der Waals surface area contributed by atoms with Crippen LogP contribution in [0.5, 0.6) is 0 Å². The van der Waals surface area contributed by atoms with Crippen LogP contribution in [-0.2, 0) is 14.1 Å². The van der Waals surface area contributed by atoms with Gasteiger partial charge < -0.3 is 15.4 Å². The summed E-state index contributed by atoms with van der Waals surface area (Å²) in [6.07, 6.45) is 0. The maximum Gasteiger partial charge on any atom is 0.332 e. The van der Waals surface area contributed by atoms with E-state index in [4.69, 9.17) is 0 Å². The number of rotatable bonds is 3. The van der Waals surface area contributed by atoms with E-state index in [1.54, 1.807) is 20.9 Å². The molecular formula is C11H17N5O3. The molecule has 2 rings (SSSR count). The van der Waals surface area contributed by atoms with Crippen molar-refractivity contribution in [2.45, 2.75) is 19.4 Å². The van der Waals surface area contributed by atoms with Crippen molar-refractivity contribution < 1.29 is 5.11 Å². The Morgan fingerprint density at radius 3 is 2.53 bits per heavy atom. The SMILES string of the molecule is Cn1c(=O)c2[nH]c(NCC(C)(C)O)nc2n(C)c1=O. The molecule has 0 spiro atoms. The number of hydrogen-bond donors (Lipinski definition) is 3. The van der Waals surface area contributed by atoms with Crippen LogP contribution >= 0.6 is 0 Å². The molecule has 19 heavy (non-hydrogen) atoms. The van der Waals surface area contributed by atoms with Gasteiger partial charge >= 0.3 is 5.69 Å². The predicted molar refractivity (Wildman–Crippen MR) is 71.4 cm³/mol. The van der Waals surface area contributed by atoms with E-state index in [0.29, 0.717) is 5.95 Å². The van der Waals surface area contributed by atoms with Crippen LogP contribution < -0.4 is 16.6 Å². The monoisotopic (exact) mass is 267 g/mol. The molecule has 0 saturated heterocycles. The van der Waals surface area contributed by atoms with Crippen molar-refractivity contribution in [3.05, 3.63) is 20.8 Å². The highest BCUT2D eigenvalue weighted by Gasteiger charge is 2.16. The number of aryl methyl sites for hydroxylation is 1. The summed E-state index contributed by atoms with van der Waals surface area (Å²) in [5.41, 5.74) is -1.23. The Hall–Kier alpha value is -2.09. The van der Waals surface area contributed by atoms with Gasteiger partial charge in [-0.1, -0.05) is 0 Å². The Kier molecular flexibility index (Phi) is 2.97. The molecule has 3 N–H and O–H groups in total. The first kappa shape index (κ1) is 13.3. The standard InChI is InChI=1S/C11H17N5O3/c1-11(2,19)5-12-9-13-6-7(14-9)15(3)10(18)16(4)8(6)17/h19H,5H2,1-4H3,(H2,12,13,14). The topological polar surface area (TPSA) is 105 Å². The smallest absolute Gasteiger partial charge is 0.332 e. The lowest BCUT2D eigenvalue weighted by molar-refractivity contribution is 0.0943. The largest absolute Gasteiger partial charge is 0.389 e. The summed E-state index contributed by atoms with van der Waals surface area (Å²) >= 11 is 0. The van der Waals surface area contributed by atoms with Crippen molar-refractivity contribution >= 4 is 17.1 Å². The molecule has 2 aromatic heterocycles. The van der Waals surface area contributed by atoms with E-state index in [1.807, 2.05) is 0 Å². The maximum atomic E-state index is 11.9. The van der Waals surface area contributed by atoms with E-state index >= 15 is 0 Å². The fourth-order valence-corrected chi connectivity index (χ4v) is 1.71. The number of hydrogen-bond acceptors (Lipinski definition) is 5. The van der Waals surface area contributed by atoms with Crippen LogP contribution in [0, 0.1) is 0 Å². The van der Waals surface area contributed by atoms with Gasteiger partial charge in [0.2, 0.25) is 5.95 Å². The second kappa shape index (κ2) is 4.23. The maximum absolute atomic E-state index is 11.9. The van der Waals surface area contributed by atoms with Gasteiger partial charge in [0.05, 0.1) is 5.60 Å². The summed E-state index contributed by atoms with van der Waals surface area (Å²) in [5, 5.41) is 12.5. The molecule has 0 bridgehead atoms. The van der Waals surface area contributed by atoms with E-state index in [0.717, 1.165) is 4.57 Å². The number of aromatic amines is 1. The summed E-state index contributed by atoms with van der Waals surface area (Å²) < 4.78 is 2.31. The van der Waals surface area contributed by atoms with E-state index in [1.165, 1.54) is 11.6 Å². The molecule has 0 aliphatic rings. The Balaban J connectivity index is 2.53. The summed E-state index contributed by atoms with van der Waals surface area (Å²) in [4.78, 5) is 30.6. The van der Waals surface area contributed by atoms with E-state index < -0.39 is 16.9 Å². The van der Waals surface area contributed by atoms with Crippen LogP contribution in [0.3, 0.4) is 0 Å². The van der Waals surface area contributed by atoms with Crippen LogP contribution in [0.25, 0.3) is 11.2 Å². The van der Waals surface area contributed by atoms with Crippen molar-refractivity contribution in [3.63, 3.8) is 0 Å². The minimum absolute atomic E-state index is 0.253. The van der Waals surface area contributed by atoms with Gasteiger partial charge in [-0.15, -0.1) is 0 Å². The second-order valence-electron chi connectivity index (χ2n) is 5.16. The summed E-state index contributed by atoms with van der Waals surface area (Å²) in [6, 6.07) is 0. The highest BCUT2D eigenvalue weighted by Crippen LogP contribution is 2.09. The van der Waals surface area contributed by atoms with Crippen molar-refractivity contribution in [3.8, 4) is 0 Å². The molecule has 8 heteroatoms. The highest BCUT2D eigenvalue weighted by molar-refractivity contribution is 5.72. The first-order chi connectivity index (χ1) is 8.70. The number of aliphatic hydroxyl groups is 1. The molecular weight excluding hydrogens is 250 g/mol. The lowest BCUT2D eigenvalue weighted by atomic mass is 10.1. The van der Waals surface area contributed by atoms with Gasteiger partial charge in [0.15, 0.2) is 11.2 Å². The van der Waals surface area contributed by atoms with Crippen molar-refractivity contribution in [2.75, 3.05) is 11.9 Å². The quantitative estimate of drug-likeness (QED) is 0.671. The number of nitrogens with zero attached hydrogens (tertiary/aromatic N) is 3. The average Bonchev–Trinajstić information content (AvgIpc) is 2.75. The number of fused-ring (bicyclic) bond motifs is 1. The average molecular weight is 267 g/mol. The third kappa shape index (κ3) is 2.39. The first-order valence-corrected chi connectivity index (χ1v) is 5.83. The number of nitrogens with one attached hydrogen (secondary N) is 2. The normalized spacial score (nSPS) is 12.1. The van der Waals surface area contributed by atoms with Crippen LogP contribution in [0.15, 0.2) is 9.59 Å². The molecule has 0 saturated carbocycles. The second-order valence-corrected chi connectivity index (χ2v) is 5.16. The molecule has 0 atom stereocenters. The first-order valence-electron chi connectivity index (χ1n) is 5.83. The minimum atomic E-state index is -0.907. The van der Waals surface area contributed by atoms with Gasteiger partial charge in [-0.3, -0.25) is 13.9 Å². The van der Waals surface area contributed by atoms with Crippen molar-refractivity contribution in [2.24, 2.45) is 14.1 Å². The predicted octanol–water partition coefficient (Wildman–Crippen LogP) is -0.857. The number of aromatic nitrogens is 4. The van der Waals surface area contributed by atoms with Crippen molar-refractivity contribution in [1.82, 2.24) is 19.1 Å². The highest BCUT2D eigenvalue weighted by atomic mass is 16.3. The molecule has 8 nitrogen and oxygen atoms in total. The molecule has 0 radical (unpaired) electrons. The molecule has 0 aliphatic carbocycles. The lowest BCUT2D eigenvalue weighted by Gasteiger charge is -2.16. The Morgan fingerprint density at radius 1 is 1.32 bits per heavy atom. The molecule has 0 aromatic carbocycles. The Morgan fingerprint density at radius 2 is 1.95 bits per heavy atom. The van der Waals surface area contributed by atoms with Crippen LogP contribution in [0.4, 0.5) is 5.95 Å². The van der Waals surface area contributed by atoms with E-state index in [2.05, 4.69) is 15.3 Å². The summed E-state index contributed by atoms with van der Waals surface area (Å²) in [7, 11) is 2.96. The van der Waals surface area contributed by atoms with E-state index in [-0.39, 0.29) is 17.7 Å². The Bertz CT molecular complexity index is 732. The lowest BCUT2D eigenvalue weighted by Crippen LogP contribution is -2.36. The third-order valence-electron chi connectivity index (χ3n) is 2.78. The fraction of sp³-hybridized carbons (Fsp3) is 0.545. The van der Waals surface area contributed by atoms with Gasteiger partial charge in [-0.2, -0.15) is 4.98 Å². The van der Waals surface area contributed by atoms with Gasteiger partial charge in [0.1, 0.15) is 0 Å².